The van der Waals surface area contributed by atoms with Gasteiger partial charge in [0, 0.05) is 11.8 Å². The lowest BCUT2D eigenvalue weighted by Crippen LogP contribution is -2.29. The number of anilines is 1. The summed E-state index contributed by atoms with van der Waals surface area (Å²) in [5.74, 6) is -0.968. The van der Waals surface area contributed by atoms with Gasteiger partial charge in [-0.05, 0) is 73.2 Å². The highest BCUT2D eigenvalue weighted by Crippen LogP contribution is 2.25. The molecule has 0 saturated heterocycles. The van der Waals surface area contributed by atoms with Crippen molar-refractivity contribution in [3.63, 3.8) is 0 Å². The Morgan fingerprint density at radius 1 is 1.15 bits per heavy atom. The molecule has 1 amide bonds. The zero-order chi connectivity index (χ0) is 19.2. The lowest BCUT2D eigenvalue weighted by Gasteiger charge is -2.13. The fourth-order valence-electron chi connectivity index (χ4n) is 2.99. The van der Waals surface area contributed by atoms with Crippen LogP contribution in [0.4, 0.5) is 5.69 Å². The molecule has 0 bridgehead atoms. The molecule has 1 atom stereocenters. The zero-order valence-corrected chi connectivity index (χ0v) is 15.1. The maximum atomic E-state index is 12.2. The summed E-state index contributed by atoms with van der Waals surface area (Å²) in [7, 11) is 0. The summed E-state index contributed by atoms with van der Waals surface area (Å²) >= 11 is 0. The third kappa shape index (κ3) is 4.83. The summed E-state index contributed by atoms with van der Waals surface area (Å²) in [5, 5.41) is 11.6. The van der Waals surface area contributed by atoms with Gasteiger partial charge in [-0.15, -0.1) is 0 Å². The number of esters is 1. The lowest BCUT2D eigenvalue weighted by molar-refractivity contribution is -0.148. The first-order valence-electron chi connectivity index (χ1n) is 8.86. The molecule has 3 rings (SSSR count). The maximum absolute atomic E-state index is 12.2. The van der Waals surface area contributed by atoms with Crippen molar-refractivity contribution in [2.45, 2.75) is 32.3 Å². The van der Waals surface area contributed by atoms with Gasteiger partial charge in [0.1, 0.15) is 0 Å². The van der Waals surface area contributed by atoms with Crippen molar-refractivity contribution in [1.82, 2.24) is 0 Å². The standard InChI is InChI=1S/C22H20N2O3/c1-15(22(26)24-20-11-10-18-3-2-4-19(18)13-20)27-21(25)12-9-16-5-7-17(14-23)8-6-16/h5-13,15H,2-4H2,1H3,(H,24,26)/b12-9+/t15-/m0/s1. The second-order valence-corrected chi connectivity index (χ2v) is 6.47. The third-order valence-corrected chi connectivity index (χ3v) is 4.48. The van der Waals surface area contributed by atoms with Gasteiger partial charge in [-0.2, -0.15) is 5.26 Å². The monoisotopic (exact) mass is 360 g/mol. The number of nitrogens with one attached hydrogen (secondary N) is 1. The normalized spacial score (nSPS) is 13.6. The third-order valence-electron chi connectivity index (χ3n) is 4.48. The number of fused-ring (bicyclic) bond motifs is 1. The van der Waals surface area contributed by atoms with E-state index in [0.717, 1.165) is 30.5 Å². The number of ether oxygens (including phenoxy) is 1. The van der Waals surface area contributed by atoms with Crippen LogP contribution in [0.15, 0.2) is 48.5 Å². The van der Waals surface area contributed by atoms with Crippen molar-refractivity contribution in [3.8, 4) is 6.07 Å². The number of hydrogen-bond donors (Lipinski definition) is 1. The Morgan fingerprint density at radius 3 is 2.63 bits per heavy atom. The minimum absolute atomic E-state index is 0.368. The van der Waals surface area contributed by atoms with Gasteiger partial charge in [-0.1, -0.05) is 18.2 Å². The van der Waals surface area contributed by atoms with Gasteiger partial charge in [0.05, 0.1) is 11.6 Å². The van der Waals surface area contributed by atoms with Crippen molar-refractivity contribution >= 4 is 23.6 Å². The Hall–Kier alpha value is -3.39. The summed E-state index contributed by atoms with van der Waals surface area (Å²) in [6.45, 7) is 1.54. The molecule has 0 unspecified atom stereocenters. The second kappa shape index (κ2) is 8.33. The number of aryl methyl sites for hydroxylation is 2. The topological polar surface area (TPSA) is 79.2 Å². The second-order valence-electron chi connectivity index (χ2n) is 6.47. The number of nitriles is 1. The van der Waals surface area contributed by atoms with Gasteiger partial charge in [0.15, 0.2) is 6.10 Å². The average molecular weight is 360 g/mol. The number of rotatable bonds is 5. The maximum Gasteiger partial charge on any atom is 0.331 e. The first kappa shape index (κ1) is 18.4. The van der Waals surface area contributed by atoms with Crippen molar-refractivity contribution in [2.75, 3.05) is 5.32 Å². The highest BCUT2D eigenvalue weighted by molar-refractivity contribution is 5.96. The molecule has 0 aromatic heterocycles. The molecule has 0 radical (unpaired) electrons. The molecular formula is C22H20N2O3. The Balaban J connectivity index is 1.53. The summed E-state index contributed by atoms with van der Waals surface area (Å²) in [6, 6.07) is 14.7. The van der Waals surface area contributed by atoms with E-state index in [0.29, 0.717) is 5.56 Å². The molecule has 0 spiro atoms. The number of nitrogens with zero attached hydrogens (tertiary/aromatic N) is 1. The molecule has 0 heterocycles. The fourth-order valence-corrected chi connectivity index (χ4v) is 2.99. The molecule has 5 nitrogen and oxygen atoms in total. The van der Waals surface area contributed by atoms with Crippen LogP contribution in [-0.4, -0.2) is 18.0 Å². The van der Waals surface area contributed by atoms with Crippen LogP contribution in [0.25, 0.3) is 6.08 Å². The van der Waals surface area contributed by atoms with E-state index < -0.39 is 12.1 Å². The summed E-state index contributed by atoms with van der Waals surface area (Å²) in [5.41, 5.74) is 4.63. The Kier molecular flexibility index (Phi) is 5.68. The van der Waals surface area contributed by atoms with Crippen molar-refractivity contribution in [2.24, 2.45) is 0 Å². The number of hydrogen-bond acceptors (Lipinski definition) is 4. The van der Waals surface area contributed by atoms with E-state index in [1.165, 1.54) is 24.1 Å². The molecule has 27 heavy (non-hydrogen) atoms. The van der Waals surface area contributed by atoms with Gasteiger partial charge in [-0.25, -0.2) is 4.79 Å². The molecule has 1 N–H and O–H groups in total. The Morgan fingerprint density at radius 2 is 1.89 bits per heavy atom. The first-order valence-corrected chi connectivity index (χ1v) is 8.86. The van der Waals surface area contributed by atoms with Gasteiger partial charge < -0.3 is 10.1 Å². The van der Waals surface area contributed by atoms with Crippen molar-refractivity contribution < 1.29 is 14.3 Å². The van der Waals surface area contributed by atoms with Crippen LogP contribution in [0, 0.1) is 11.3 Å². The number of carbonyl (C=O) groups excluding carboxylic acids is 2. The van der Waals surface area contributed by atoms with Crippen LogP contribution < -0.4 is 5.32 Å². The fraction of sp³-hybridized carbons (Fsp3) is 0.227. The van der Waals surface area contributed by atoms with Crippen LogP contribution in [-0.2, 0) is 27.2 Å². The van der Waals surface area contributed by atoms with Crippen LogP contribution in [0.1, 0.15) is 35.6 Å². The van der Waals surface area contributed by atoms with E-state index in [9.17, 15) is 9.59 Å². The van der Waals surface area contributed by atoms with Gasteiger partial charge in [-0.3, -0.25) is 4.79 Å². The molecule has 2 aromatic carbocycles. The molecule has 1 aliphatic carbocycles. The molecule has 2 aromatic rings. The van der Waals surface area contributed by atoms with E-state index in [1.54, 1.807) is 30.3 Å². The van der Waals surface area contributed by atoms with Crippen LogP contribution in [0.3, 0.4) is 0 Å². The lowest BCUT2D eigenvalue weighted by atomic mass is 10.1. The van der Waals surface area contributed by atoms with E-state index in [2.05, 4.69) is 5.32 Å². The minimum Gasteiger partial charge on any atom is -0.449 e. The highest BCUT2D eigenvalue weighted by Gasteiger charge is 2.18. The molecular weight excluding hydrogens is 340 g/mol. The zero-order valence-electron chi connectivity index (χ0n) is 15.1. The number of benzene rings is 2. The van der Waals surface area contributed by atoms with Gasteiger partial charge in [0.2, 0.25) is 0 Å². The predicted molar refractivity (Wildman–Crippen MR) is 103 cm³/mol. The van der Waals surface area contributed by atoms with Crippen molar-refractivity contribution in [1.29, 1.82) is 5.26 Å². The van der Waals surface area contributed by atoms with Gasteiger partial charge >= 0.3 is 5.97 Å². The Bertz CT molecular complexity index is 924. The minimum atomic E-state index is -0.906. The molecule has 1 aliphatic rings. The van der Waals surface area contributed by atoms with Crippen LogP contribution >= 0.6 is 0 Å². The largest absolute Gasteiger partial charge is 0.449 e. The van der Waals surface area contributed by atoms with E-state index >= 15 is 0 Å². The van der Waals surface area contributed by atoms with E-state index in [1.807, 2.05) is 24.3 Å². The molecule has 136 valence electrons. The smallest absolute Gasteiger partial charge is 0.331 e. The number of amides is 1. The first-order chi connectivity index (χ1) is 13.0. The molecule has 5 heteroatoms. The molecule has 0 saturated carbocycles. The average Bonchev–Trinajstić information content (AvgIpc) is 3.14. The van der Waals surface area contributed by atoms with E-state index in [4.69, 9.17) is 10.00 Å². The highest BCUT2D eigenvalue weighted by atomic mass is 16.5. The van der Waals surface area contributed by atoms with Crippen LogP contribution in [0.2, 0.25) is 0 Å². The molecule has 0 aliphatic heterocycles. The predicted octanol–water partition coefficient (Wildman–Crippen LogP) is 3.63. The van der Waals surface area contributed by atoms with Crippen LogP contribution in [0.5, 0.6) is 0 Å². The van der Waals surface area contributed by atoms with Gasteiger partial charge in [0.25, 0.3) is 5.91 Å². The van der Waals surface area contributed by atoms with E-state index in [-0.39, 0.29) is 5.91 Å². The summed E-state index contributed by atoms with van der Waals surface area (Å²) in [4.78, 5) is 24.2. The molecule has 0 fully saturated rings. The quantitative estimate of drug-likeness (QED) is 0.652. The number of carbonyl (C=O) groups is 2. The summed E-state index contributed by atoms with van der Waals surface area (Å²) < 4.78 is 5.15. The Labute approximate surface area is 158 Å². The van der Waals surface area contributed by atoms with Crippen molar-refractivity contribution in [3.05, 3.63) is 70.8 Å². The SMILES string of the molecule is C[C@H](OC(=O)/C=C/c1ccc(C#N)cc1)C(=O)Nc1ccc2c(c1)CCC2. The summed E-state index contributed by atoms with van der Waals surface area (Å²) in [6.07, 6.45) is 5.20.